The molecule has 0 fully saturated rings. The molecular formula is C22H21N3O4. The predicted molar refractivity (Wildman–Crippen MR) is 110 cm³/mol. The van der Waals surface area contributed by atoms with Gasteiger partial charge >= 0.3 is 5.97 Å². The maximum absolute atomic E-state index is 12.2. The number of aryl methyl sites for hydroxylation is 1. The van der Waals surface area contributed by atoms with Crippen molar-refractivity contribution >= 4 is 23.8 Å². The van der Waals surface area contributed by atoms with Gasteiger partial charge in [-0.2, -0.15) is 5.10 Å². The lowest BCUT2D eigenvalue weighted by atomic mass is 10.2. The van der Waals surface area contributed by atoms with Crippen molar-refractivity contribution in [3.8, 4) is 11.4 Å². The molecule has 1 aromatic heterocycles. The van der Waals surface area contributed by atoms with Crippen molar-refractivity contribution in [2.24, 2.45) is 0 Å². The molecule has 148 valence electrons. The first-order chi connectivity index (χ1) is 14.0. The van der Waals surface area contributed by atoms with Crippen LogP contribution in [0.4, 0.5) is 5.82 Å². The van der Waals surface area contributed by atoms with Gasteiger partial charge in [-0.3, -0.25) is 4.79 Å². The second kappa shape index (κ2) is 9.36. The van der Waals surface area contributed by atoms with Crippen LogP contribution in [0.1, 0.15) is 11.3 Å². The number of amides is 1. The highest BCUT2D eigenvalue weighted by Gasteiger charge is 2.12. The number of rotatable bonds is 7. The fourth-order valence-electron chi connectivity index (χ4n) is 2.60. The van der Waals surface area contributed by atoms with Gasteiger partial charge in [0.15, 0.2) is 6.61 Å². The summed E-state index contributed by atoms with van der Waals surface area (Å²) >= 11 is 0. The van der Waals surface area contributed by atoms with Crippen molar-refractivity contribution in [3.05, 3.63) is 78.0 Å². The number of nitrogens with zero attached hydrogens (tertiary/aromatic N) is 2. The Balaban J connectivity index is 1.55. The Morgan fingerprint density at radius 1 is 1.10 bits per heavy atom. The lowest BCUT2D eigenvalue weighted by molar-refractivity contribution is -0.142. The number of para-hydroxylation sites is 1. The number of hydrogen-bond donors (Lipinski definition) is 1. The summed E-state index contributed by atoms with van der Waals surface area (Å²) in [6.07, 6.45) is 2.88. The Bertz CT molecular complexity index is 1010. The van der Waals surface area contributed by atoms with Crippen molar-refractivity contribution in [1.82, 2.24) is 9.78 Å². The van der Waals surface area contributed by atoms with E-state index < -0.39 is 18.5 Å². The highest BCUT2D eigenvalue weighted by atomic mass is 16.5. The van der Waals surface area contributed by atoms with Crippen molar-refractivity contribution < 1.29 is 19.1 Å². The molecule has 0 radical (unpaired) electrons. The minimum absolute atomic E-state index is 0.398. The summed E-state index contributed by atoms with van der Waals surface area (Å²) in [5.74, 6) is 0.173. The van der Waals surface area contributed by atoms with Gasteiger partial charge in [0, 0.05) is 12.1 Å². The lowest BCUT2D eigenvalue weighted by Gasteiger charge is -2.08. The first-order valence-electron chi connectivity index (χ1n) is 8.96. The number of esters is 1. The monoisotopic (exact) mass is 391 g/mol. The number of nitrogens with one attached hydrogen (secondary N) is 1. The molecule has 0 aliphatic rings. The molecule has 7 heteroatoms. The van der Waals surface area contributed by atoms with Crippen LogP contribution in [0.5, 0.6) is 5.75 Å². The molecule has 0 aliphatic carbocycles. The van der Waals surface area contributed by atoms with E-state index in [0.717, 1.165) is 22.7 Å². The Kier molecular flexibility index (Phi) is 6.42. The number of anilines is 1. The standard InChI is InChI=1S/C22H21N3O4/c1-16-14-20(25(24-16)18-6-4-3-5-7-18)23-21(26)15-29-22(27)13-10-17-8-11-19(28-2)12-9-17/h3-14H,15H2,1-2H3,(H,23,26)/b13-10+. The van der Waals surface area contributed by atoms with Gasteiger partial charge in [0.05, 0.1) is 18.5 Å². The smallest absolute Gasteiger partial charge is 0.331 e. The van der Waals surface area contributed by atoms with Gasteiger partial charge in [-0.25, -0.2) is 9.48 Å². The number of carbonyl (C=O) groups excluding carboxylic acids is 2. The van der Waals surface area contributed by atoms with Crippen LogP contribution in [-0.2, 0) is 14.3 Å². The van der Waals surface area contributed by atoms with E-state index in [0.29, 0.717) is 5.82 Å². The zero-order chi connectivity index (χ0) is 20.6. The molecule has 1 amide bonds. The third-order valence-electron chi connectivity index (χ3n) is 3.97. The van der Waals surface area contributed by atoms with E-state index in [-0.39, 0.29) is 0 Å². The zero-order valence-corrected chi connectivity index (χ0v) is 16.2. The van der Waals surface area contributed by atoms with E-state index in [1.807, 2.05) is 49.4 Å². The summed E-state index contributed by atoms with van der Waals surface area (Å²) in [5, 5.41) is 7.10. The number of carbonyl (C=O) groups is 2. The molecule has 3 aromatic rings. The van der Waals surface area contributed by atoms with E-state index in [1.165, 1.54) is 6.08 Å². The Morgan fingerprint density at radius 2 is 1.83 bits per heavy atom. The first kappa shape index (κ1) is 19.9. The number of ether oxygens (including phenoxy) is 2. The average Bonchev–Trinajstić information content (AvgIpc) is 3.11. The number of hydrogen-bond acceptors (Lipinski definition) is 5. The highest BCUT2D eigenvalue weighted by Crippen LogP contribution is 2.17. The molecule has 0 aliphatic heterocycles. The van der Waals surface area contributed by atoms with E-state index in [1.54, 1.807) is 36.1 Å². The normalized spacial score (nSPS) is 10.7. The number of aromatic nitrogens is 2. The Labute approximate surface area is 168 Å². The molecule has 0 bridgehead atoms. The Morgan fingerprint density at radius 3 is 2.52 bits per heavy atom. The van der Waals surface area contributed by atoms with Crippen molar-refractivity contribution in [2.45, 2.75) is 6.92 Å². The van der Waals surface area contributed by atoms with Crippen LogP contribution < -0.4 is 10.1 Å². The van der Waals surface area contributed by atoms with Gasteiger partial charge in [-0.15, -0.1) is 0 Å². The molecule has 0 saturated heterocycles. The van der Waals surface area contributed by atoms with Gasteiger partial charge in [-0.05, 0) is 42.8 Å². The molecule has 7 nitrogen and oxygen atoms in total. The third kappa shape index (κ3) is 5.55. The van der Waals surface area contributed by atoms with Crippen molar-refractivity contribution in [3.63, 3.8) is 0 Å². The molecule has 0 saturated carbocycles. The van der Waals surface area contributed by atoms with Crippen LogP contribution in [0.3, 0.4) is 0 Å². The summed E-state index contributed by atoms with van der Waals surface area (Å²) in [5.41, 5.74) is 2.38. The second-order valence-electron chi connectivity index (χ2n) is 6.18. The van der Waals surface area contributed by atoms with Crippen LogP contribution in [0.25, 0.3) is 11.8 Å². The highest BCUT2D eigenvalue weighted by molar-refractivity contribution is 5.94. The SMILES string of the molecule is COc1ccc(/C=C/C(=O)OCC(=O)Nc2cc(C)nn2-c2ccccc2)cc1. The fourth-order valence-corrected chi connectivity index (χ4v) is 2.60. The van der Waals surface area contributed by atoms with Crippen LogP contribution in [0, 0.1) is 6.92 Å². The summed E-state index contributed by atoms with van der Waals surface area (Å²) in [7, 11) is 1.58. The van der Waals surface area contributed by atoms with Crippen LogP contribution in [-0.4, -0.2) is 35.4 Å². The summed E-state index contributed by atoms with van der Waals surface area (Å²) in [4.78, 5) is 24.0. The molecule has 29 heavy (non-hydrogen) atoms. The van der Waals surface area contributed by atoms with Gasteiger partial charge in [0.1, 0.15) is 11.6 Å². The maximum Gasteiger partial charge on any atom is 0.331 e. The van der Waals surface area contributed by atoms with Crippen molar-refractivity contribution in [2.75, 3.05) is 19.0 Å². The topological polar surface area (TPSA) is 82.4 Å². The van der Waals surface area contributed by atoms with Crippen molar-refractivity contribution in [1.29, 1.82) is 0 Å². The summed E-state index contributed by atoms with van der Waals surface area (Å²) in [6.45, 7) is 1.43. The number of benzene rings is 2. The van der Waals surface area contributed by atoms with Gasteiger partial charge in [-0.1, -0.05) is 30.3 Å². The number of methoxy groups -OCH3 is 1. The minimum Gasteiger partial charge on any atom is -0.497 e. The third-order valence-corrected chi connectivity index (χ3v) is 3.97. The van der Waals surface area contributed by atoms with Gasteiger partial charge < -0.3 is 14.8 Å². The fraction of sp³-hybridized carbons (Fsp3) is 0.136. The first-order valence-corrected chi connectivity index (χ1v) is 8.96. The largest absolute Gasteiger partial charge is 0.497 e. The van der Waals surface area contributed by atoms with Crippen LogP contribution in [0.2, 0.25) is 0 Å². The summed E-state index contributed by atoms with van der Waals surface area (Å²) in [6, 6.07) is 18.4. The Hall–Kier alpha value is -3.87. The van der Waals surface area contributed by atoms with E-state index in [9.17, 15) is 9.59 Å². The average molecular weight is 391 g/mol. The molecule has 3 rings (SSSR count). The van der Waals surface area contributed by atoms with E-state index >= 15 is 0 Å². The van der Waals surface area contributed by atoms with E-state index in [4.69, 9.17) is 9.47 Å². The summed E-state index contributed by atoms with van der Waals surface area (Å²) < 4.78 is 11.7. The van der Waals surface area contributed by atoms with Crippen LogP contribution >= 0.6 is 0 Å². The lowest BCUT2D eigenvalue weighted by Crippen LogP contribution is -2.21. The van der Waals surface area contributed by atoms with Gasteiger partial charge in [0.2, 0.25) is 0 Å². The second-order valence-corrected chi connectivity index (χ2v) is 6.18. The molecule has 0 atom stereocenters. The molecule has 0 spiro atoms. The quantitative estimate of drug-likeness (QED) is 0.493. The zero-order valence-electron chi connectivity index (χ0n) is 16.2. The van der Waals surface area contributed by atoms with Gasteiger partial charge in [0.25, 0.3) is 5.91 Å². The predicted octanol–water partition coefficient (Wildman–Crippen LogP) is 3.38. The molecule has 1 heterocycles. The van der Waals surface area contributed by atoms with Crippen LogP contribution in [0.15, 0.2) is 66.7 Å². The molecule has 1 N–H and O–H groups in total. The minimum atomic E-state index is -0.608. The maximum atomic E-state index is 12.2. The molecular weight excluding hydrogens is 370 g/mol. The van der Waals surface area contributed by atoms with E-state index in [2.05, 4.69) is 10.4 Å². The molecule has 0 unspecified atom stereocenters. The molecule has 2 aromatic carbocycles.